The lowest BCUT2D eigenvalue weighted by molar-refractivity contribution is -0.141. The van der Waals surface area contributed by atoms with Crippen LogP contribution in [0.2, 0.25) is 0 Å². The van der Waals surface area contributed by atoms with E-state index in [-0.39, 0.29) is 12.4 Å². The summed E-state index contributed by atoms with van der Waals surface area (Å²) in [5.41, 5.74) is -1.07. The number of carbonyl (C=O) groups is 1. The van der Waals surface area contributed by atoms with Crippen LogP contribution in [0.25, 0.3) is 0 Å². The topological polar surface area (TPSA) is 75.1 Å². The fourth-order valence-electron chi connectivity index (χ4n) is 1.12. The van der Waals surface area contributed by atoms with Gasteiger partial charge in [0.25, 0.3) is 0 Å². The minimum Gasteiger partial charge on any atom is -0.481 e. The minimum atomic E-state index is -4.55. The molecule has 17 heavy (non-hydrogen) atoms. The molecule has 1 heterocycles. The number of nitrogens with zero attached hydrogens (tertiary/aromatic N) is 2. The van der Waals surface area contributed by atoms with Crippen molar-refractivity contribution in [2.45, 2.75) is 25.6 Å². The van der Waals surface area contributed by atoms with Crippen LogP contribution in [0.3, 0.4) is 0 Å². The number of hydrogen-bond donors (Lipinski definition) is 2. The van der Waals surface area contributed by atoms with E-state index in [1.54, 1.807) is 0 Å². The molecular formula is C9H10F3N3O2. The first-order valence-electron chi connectivity index (χ1n) is 4.67. The molecule has 1 aromatic rings. The largest absolute Gasteiger partial charge is 0.481 e. The fraction of sp³-hybridized carbons (Fsp3) is 0.444. The zero-order valence-corrected chi connectivity index (χ0v) is 8.82. The maximum Gasteiger partial charge on any atom is 0.433 e. The Kier molecular flexibility index (Phi) is 3.87. The summed E-state index contributed by atoms with van der Waals surface area (Å²) in [5.74, 6) is -1.30. The van der Waals surface area contributed by atoms with Crippen molar-refractivity contribution >= 4 is 11.9 Å². The number of aliphatic carboxylic acids is 1. The molecule has 2 N–H and O–H groups in total. The van der Waals surface area contributed by atoms with Crippen LogP contribution in [-0.4, -0.2) is 27.1 Å². The van der Waals surface area contributed by atoms with Gasteiger partial charge in [0.05, 0.1) is 6.42 Å². The van der Waals surface area contributed by atoms with Crippen LogP contribution in [0.5, 0.6) is 0 Å². The van der Waals surface area contributed by atoms with Gasteiger partial charge in [0.15, 0.2) is 0 Å². The molecule has 0 aliphatic rings. The van der Waals surface area contributed by atoms with Crippen molar-refractivity contribution < 1.29 is 23.1 Å². The van der Waals surface area contributed by atoms with Gasteiger partial charge in [-0.2, -0.15) is 13.2 Å². The first-order chi connectivity index (χ1) is 7.79. The predicted molar refractivity (Wildman–Crippen MR) is 52.4 cm³/mol. The third-order valence-electron chi connectivity index (χ3n) is 1.80. The van der Waals surface area contributed by atoms with Crippen molar-refractivity contribution in [1.82, 2.24) is 9.97 Å². The number of carboxylic acids is 1. The fourth-order valence-corrected chi connectivity index (χ4v) is 1.12. The second-order valence-electron chi connectivity index (χ2n) is 3.41. The van der Waals surface area contributed by atoms with Crippen LogP contribution in [0.15, 0.2) is 12.3 Å². The normalized spacial score (nSPS) is 13.2. The summed E-state index contributed by atoms with van der Waals surface area (Å²) in [5, 5.41) is 11.0. The third kappa shape index (κ3) is 4.25. The Morgan fingerprint density at radius 2 is 2.24 bits per heavy atom. The van der Waals surface area contributed by atoms with Crippen LogP contribution in [0.4, 0.5) is 19.1 Å². The van der Waals surface area contributed by atoms with Crippen LogP contribution in [0.1, 0.15) is 19.0 Å². The van der Waals surface area contributed by atoms with Gasteiger partial charge in [-0.05, 0) is 13.0 Å². The summed E-state index contributed by atoms with van der Waals surface area (Å²) >= 11 is 0. The van der Waals surface area contributed by atoms with Crippen molar-refractivity contribution in [2.75, 3.05) is 5.32 Å². The Labute approximate surface area is 94.7 Å². The minimum absolute atomic E-state index is 0.237. The first kappa shape index (κ1) is 13.2. The van der Waals surface area contributed by atoms with E-state index in [0.717, 1.165) is 12.3 Å². The summed E-state index contributed by atoms with van der Waals surface area (Å²) in [4.78, 5) is 17.2. The van der Waals surface area contributed by atoms with Gasteiger partial charge < -0.3 is 10.4 Å². The summed E-state index contributed by atoms with van der Waals surface area (Å²) in [6, 6.07) is 0.184. The number of alkyl halides is 3. The van der Waals surface area contributed by atoms with Crippen LogP contribution in [0, 0.1) is 0 Å². The average Bonchev–Trinajstić information content (AvgIpc) is 2.15. The number of carboxylic acid groups (broad SMARTS) is 1. The number of hydrogen-bond acceptors (Lipinski definition) is 4. The van der Waals surface area contributed by atoms with Gasteiger partial charge in [-0.3, -0.25) is 4.79 Å². The lowest BCUT2D eigenvalue weighted by Gasteiger charge is -2.12. The second kappa shape index (κ2) is 4.98. The lowest BCUT2D eigenvalue weighted by Crippen LogP contribution is -2.21. The van der Waals surface area contributed by atoms with E-state index in [1.807, 2.05) is 0 Å². The molecule has 5 nitrogen and oxygen atoms in total. The van der Waals surface area contributed by atoms with Crippen LogP contribution in [-0.2, 0) is 11.0 Å². The highest BCUT2D eigenvalue weighted by Gasteiger charge is 2.32. The van der Waals surface area contributed by atoms with E-state index in [0.29, 0.717) is 0 Å². The lowest BCUT2D eigenvalue weighted by atomic mass is 10.2. The zero-order valence-electron chi connectivity index (χ0n) is 8.82. The van der Waals surface area contributed by atoms with Crippen molar-refractivity contribution in [3.05, 3.63) is 18.0 Å². The Balaban J connectivity index is 2.76. The van der Waals surface area contributed by atoms with Crippen molar-refractivity contribution in [1.29, 1.82) is 0 Å². The highest BCUT2D eigenvalue weighted by molar-refractivity contribution is 5.68. The molecule has 8 heteroatoms. The van der Waals surface area contributed by atoms with E-state index in [4.69, 9.17) is 5.11 Å². The summed E-state index contributed by atoms with van der Waals surface area (Å²) in [7, 11) is 0. The molecule has 0 amide bonds. The second-order valence-corrected chi connectivity index (χ2v) is 3.41. The van der Waals surface area contributed by atoms with Gasteiger partial charge >= 0.3 is 12.1 Å². The maximum atomic E-state index is 12.3. The van der Waals surface area contributed by atoms with Gasteiger partial charge in [-0.1, -0.05) is 0 Å². The number of anilines is 1. The van der Waals surface area contributed by atoms with E-state index in [2.05, 4.69) is 15.3 Å². The molecule has 1 rings (SSSR count). The SMILES string of the molecule is CC(CC(=O)O)Nc1nccc(C(F)(F)F)n1. The van der Waals surface area contributed by atoms with Gasteiger partial charge in [-0.25, -0.2) is 9.97 Å². The van der Waals surface area contributed by atoms with Crippen LogP contribution >= 0.6 is 0 Å². The summed E-state index contributed by atoms with van der Waals surface area (Å²) < 4.78 is 36.9. The molecule has 0 saturated carbocycles. The zero-order chi connectivity index (χ0) is 13.1. The molecule has 94 valence electrons. The smallest absolute Gasteiger partial charge is 0.433 e. The van der Waals surface area contributed by atoms with E-state index in [9.17, 15) is 18.0 Å². The van der Waals surface area contributed by atoms with E-state index in [1.165, 1.54) is 6.92 Å². The number of rotatable bonds is 4. The van der Waals surface area contributed by atoms with Crippen molar-refractivity contribution in [2.24, 2.45) is 0 Å². The van der Waals surface area contributed by atoms with Crippen molar-refractivity contribution in [3.8, 4) is 0 Å². The number of nitrogens with one attached hydrogen (secondary N) is 1. The Morgan fingerprint density at radius 1 is 1.59 bits per heavy atom. The van der Waals surface area contributed by atoms with Gasteiger partial charge in [0, 0.05) is 12.2 Å². The summed E-state index contributed by atoms with van der Waals surface area (Å²) in [6.45, 7) is 1.51. The summed E-state index contributed by atoms with van der Waals surface area (Å²) in [6.07, 6.45) is -3.82. The molecule has 0 spiro atoms. The number of aromatic nitrogens is 2. The highest BCUT2D eigenvalue weighted by Crippen LogP contribution is 2.27. The van der Waals surface area contributed by atoms with E-state index >= 15 is 0 Å². The molecule has 0 radical (unpaired) electrons. The standard InChI is InChI=1S/C9H10F3N3O2/c1-5(4-7(16)17)14-8-13-3-2-6(15-8)9(10,11)12/h2-3,5H,4H2,1H3,(H,16,17)(H,13,14,15). The molecule has 0 bridgehead atoms. The van der Waals surface area contributed by atoms with Gasteiger partial charge in [-0.15, -0.1) is 0 Å². The molecular weight excluding hydrogens is 239 g/mol. The quantitative estimate of drug-likeness (QED) is 0.850. The molecule has 1 aromatic heterocycles. The molecule has 0 fully saturated rings. The Hall–Kier alpha value is -1.86. The molecule has 0 aliphatic carbocycles. The molecule has 0 aromatic carbocycles. The van der Waals surface area contributed by atoms with Crippen molar-refractivity contribution in [3.63, 3.8) is 0 Å². The molecule has 1 atom stereocenters. The molecule has 0 saturated heterocycles. The predicted octanol–water partition coefficient (Wildman–Crippen LogP) is 1.77. The monoisotopic (exact) mass is 249 g/mol. The average molecular weight is 249 g/mol. The highest BCUT2D eigenvalue weighted by atomic mass is 19.4. The Bertz CT molecular complexity index is 409. The van der Waals surface area contributed by atoms with Gasteiger partial charge in [0.2, 0.25) is 5.95 Å². The molecule has 1 unspecified atom stereocenters. The van der Waals surface area contributed by atoms with Gasteiger partial charge in [0.1, 0.15) is 5.69 Å². The Morgan fingerprint density at radius 3 is 2.76 bits per heavy atom. The first-order valence-corrected chi connectivity index (χ1v) is 4.67. The number of halogens is 3. The third-order valence-corrected chi connectivity index (χ3v) is 1.80. The van der Waals surface area contributed by atoms with E-state index < -0.39 is 23.9 Å². The molecule has 0 aliphatic heterocycles. The maximum absolute atomic E-state index is 12.3. The van der Waals surface area contributed by atoms with Crippen LogP contribution < -0.4 is 5.32 Å².